The number of hydrogen-bond acceptors (Lipinski definition) is 4. The van der Waals surface area contributed by atoms with Crippen LogP contribution in [0, 0.1) is 0 Å². The molecule has 19 heavy (non-hydrogen) atoms. The molecule has 0 saturated carbocycles. The average molecular weight is 306 g/mol. The molecular weight excluding hydrogens is 290 g/mol. The molecule has 106 valence electrons. The van der Waals surface area contributed by atoms with E-state index in [1.165, 1.54) is 19.2 Å². The molecule has 1 aromatic rings. The molecule has 1 heterocycles. The zero-order valence-corrected chi connectivity index (χ0v) is 12.1. The molecule has 5 nitrogen and oxygen atoms in total. The van der Waals surface area contributed by atoms with Gasteiger partial charge in [-0.25, -0.2) is 13.1 Å². The Morgan fingerprint density at radius 3 is 2.95 bits per heavy atom. The lowest BCUT2D eigenvalue weighted by Crippen LogP contribution is -2.32. The van der Waals surface area contributed by atoms with Crippen LogP contribution in [0.1, 0.15) is 12.8 Å². The van der Waals surface area contributed by atoms with Crippen LogP contribution in [0.25, 0.3) is 0 Å². The average Bonchev–Trinajstić information content (AvgIpc) is 2.89. The highest BCUT2D eigenvalue weighted by atomic mass is 35.5. The fourth-order valence-corrected chi connectivity index (χ4v) is 3.44. The van der Waals surface area contributed by atoms with Gasteiger partial charge in [-0.05, 0) is 31.0 Å². The van der Waals surface area contributed by atoms with Crippen molar-refractivity contribution in [1.29, 1.82) is 0 Å². The van der Waals surface area contributed by atoms with E-state index < -0.39 is 10.0 Å². The number of halogens is 1. The van der Waals surface area contributed by atoms with Gasteiger partial charge in [0.1, 0.15) is 10.6 Å². The number of ether oxygens (including phenoxy) is 2. The van der Waals surface area contributed by atoms with Crippen molar-refractivity contribution in [3.05, 3.63) is 23.2 Å². The van der Waals surface area contributed by atoms with E-state index in [1.807, 2.05) is 0 Å². The van der Waals surface area contributed by atoms with E-state index in [1.54, 1.807) is 6.07 Å². The maximum absolute atomic E-state index is 12.2. The molecule has 0 amide bonds. The topological polar surface area (TPSA) is 64.6 Å². The van der Waals surface area contributed by atoms with Crippen LogP contribution in [-0.2, 0) is 14.8 Å². The molecule has 0 aromatic heterocycles. The van der Waals surface area contributed by atoms with Gasteiger partial charge >= 0.3 is 0 Å². The van der Waals surface area contributed by atoms with Crippen LogP contribution in [0.4, 0.5) is 0 Å². The monoisotopic (exact) mass is 305 g/mol. The first-order chi connectivity index (χ1) is 9.03. The van der Waals surface area contributed by atoms with Crippen molar-refractivity contribution in [2.24, 2.45) is 0 Å². The van der Waals surface area contributed by atoms with E-state index in [-0.39, 0.29) is 23.3 Å². The minimum Gasteiger partial charge on any atom is -0.495 e. The summed E-state index contributed by atoms with van der Waals surface area (Å²) in [6, 6.07) is 4.49. The standard InChI is InChI=1S/C12H16ClNO4S/c1-17-11-5-4-9(13)7-12(11)19(15,16)14-8-10-3-2-6-18-10/h4-5,7,10,14H,2-3,6,8H2,1H3/t10-/m1/s1. The Hall–Kier alpha value is -0.820. The van der Waals surface area contributed by atoms with Crippen molar-refractivity contribution in [2.45, 2.75) is 23.8 Å². The van der Waals surface area contributed by atoms with Crippen LogP contribution >= 0.6 is 11.6 Å². The Kier molecular flexibility index (Phi) is 4.67. The molecule has 1 fully saturated rings. The lowest BCUT2D eigenvalue weighted by atomic mass is 10.2. The summed E-state index contributed by atoms with van der Waals surface area (Å²) in [6.45, 7) is 0.949. The Morgan fingerprint density at radius 1 is 1.53 bits per heavy atom. The van der Waals surface area contributed by atoms with Crippen LogP contribution in [-0.4, -0.2) is 34.8 Å². The molecule has 1 aliphatic rings. The predicted octanol–water partition coefficient (Wildman–Crippen LogP) is 1.81. The summed E-state index contributed by atoms with van der Waals surface area (Å²) in [5.41, 5.74) is 0. The Labute approximate surface area is 117 Å². The van der Waals surface area contributed by atoms with Gasteiger partial charge in [-0.1, -0.05) is 11.6 Å². The molecule has 1 aliphatic heterocycles. The maximum atomic E-state index is 12.2. The smallest absolute Gasteiger partial charge is 0.244 e. The Balaban J connectivity index is 2.16. The number of nitrogens with one attached hydrogen (secondary N) is 1. The summed E-state index contributed by atoms with van der Waals surface area (Å²) in [5, 5.41) is 0.346. The zero-order chi connectivity index (χ0) is 13.9. The van der Waals surface area contributed by atoms with Gasteiger partial charge in [-0.3, -0.25) is 0 Å². The fraction of sp³-hybridized carbons (Fsp3) is 0.500. The first-order valence-electron chi connectivity index (χ1n) is 5.98. The normalized spacial score (nSPS) is 19.6. The molecule has 1 saturated heterocycles. The summed E-state index contributed by atoms with van der Waals surface area (Å²) in [7, 11) is -2.23. The molecule has 0 radical (unpaired) electrons. The molecule has 0 bridgehead atoms. The molecule has 0 aliphatic carbocycles. The minimum absolute atomic E-state index is 0.0421. The number of rotatable bonds is 5. The highest BCUT2D eigenvalue weighted by Gasteiger charge is 2.23. The summed E-state index contributed by atoms with van der Waals surface area (Å²) >= 11 is 5.83. The third-order valence-corrected chi connectivity index (χ3v) is 4.62. The van der Waals surface area contributed by atoms with E-state index in [0.29, 0.717) is 11.6 Å². The number of methoxy groups -OCH3 is 1. The third kappa shape index (κ3) is 3.60. The second-order valence-corrected chi connectivity index (χ2v) is 6.45. The highest BCUT2D eigenvalue weighted by molar-refractivity contribution is 7.89. The number of hydrogen-bond donors (Lipinski definition) is 1. The van der Waals surface area contributed by atoms with Gasteiger partial charge in [0.15, 0.2) is 0 Å². The van der Waals surface area contributed by atoms with E-state index in [4.69, 9.17) is 21.1 Å². The van der Waals surface area contributed by atoms with E-state index in [2.05, 4.69) is 4.72 Å². The van der Waals surface area contributed by atoms with Crippen LogP contribution in [0.2, 0.25) is 5.02 Å². The van der Waals surface area contributed by atoms with Gasteiger partial charge in [0.25, 0.3) is 0 Å². The van der Waals surface area contributed by atoms with Crippen LogP contribution < -0.4 is 9.46 Å². The van der Waals surface area contributed by atoms with Gasteiger partial charge < -0.3 is 9.47 Å². The van der Waals surface area contributed by atoms with E-state index >= 15 is 0 Å². The number of benzene rings is 1. The zero-order valence-electron chi connectivity index (χ0n) is 10.6. The molecule has 7 heteroatoms. The summed E-state index contributed by atoms with van der Waals surface area (Å²) < 4.78 is 37.4. The molecular formula is C12H16ClNO4S. The Bertz CT molecular complexity index is 541. The van der Waals surface area contributed by atoms with Crippen molar-refractivity contribution >= 4 is 21.6 Å². The van der Waals surface area contributed by atoms with E-state index in [9.17, 15) is 8.42 Å². The molecule has 0 unspecified atom stereocenters. The van der Waals surface area contributed by atoms with Gasteiger partial charge in [-0.2, -0.15) is 0 Å². The van der Waals surface area contributed by atoms with Gasteiger partial charge in [0.2, 0.25) is 10.0 Å². The van der Waals surface area contributed by atoms with Crippen molar-refractivity contribution in [1.82, 2.24) is 4.72 Å². The highest BCUT2D eigenvalue weighted by Crippen LogP contribution is 2.27. The minimum atomic E-state index is -3.65. The van der Waals surface area contributed by atoms with Crippen molar-refractivity contribution in [3.63, 3.8) is 0 Å². The molecule has 1 aromatic carbocycles. The number of sulfonamides is 1. The van der Waals surface area contributed by atoms with Crippen LogP contribution in [0.15, 0.2) is 23.1 Å². The summed E-state index contributed by atoms with van der Waals surface area (Å²) in [6.07, 6.45) is 1.78. The van der Waals surface area contributed by atoms with Crippen molar-refractivity contribution in [2.75, 3.05) is 20.3 Å². The SMILES string of the molecule is COc1ccc(Cl)cc1S(=O)(=O)NC[C@H]1CCCO1. The lowest BCUT2D eigenvalue weighted by Gasteiger charge is -2.13. The molecule has 0 spiro atoms. The van der Waals surface area contributed by atoms with Crippen molar-refractivity contribution in [3.8, 4) is 5.75 Å². The van der Waals surface area contributed by atoms with E-state index in [0.717, 1.165) is 12.8 Å². The molecule has 1 N–H and O–H groups in total. The largest absolute Gasteiger partial charge is 0.495 e. The Morgan fingerprint density at radius 2 is 2.32 bits per heavy atom. The first kappa shape index (κ1) is 14.6. The second kappa shape index (κ2) is 6.09. The first-order valence-corrected chi connectivity index (χ1v) is 7.84. The third-order valence-electron chi connectivity index (χ3n) is 2.94. The van der Waals surface area contributed by atoms with Crippen LogP contribution in [0.5, 0.6) is 5.75 Å². The van der Waals surface area contributed by atoms with Gasteiger partial charge in [-0.15, -0.1) is 0 Å². The van der Waals surface area contributed by atoms with Crippen molar-refractivity contribution < 1.29 is 17.9 Å². The molecule has 1 atom stereocenters. The second-order valence-electron chi connectivity index (χ2n) is 4.28. The molecule has 2 rings (SSSR count). The summed E-state index contributed by atoms with van der Waals surface area (Å²) in [5.74, 6) is 0.268. The lowest BCUT2D eigenvalue weighted by molar-refractivity contribution is 0.114. The fourth-order valence-electron chi connectivity index (χ4n) is 1.95. The summed E-state index contributed by atoms with van der Waals surface area (Å²) in [4.78, 5) is 0.0421. The van der Waals surface area contributed by atoms with Gasteiger partial charge in [0.05, 0.1) is 13.2 Å². The van der Waals surface area contributed by atoms with Crippen LogP contribution in [0.3, 0.4) is 0 Å². The maximum Gasteiger partial charge on any atom is 0.244 e. The predicted molar refractivity (Wildman–Crippen MR) is 72.2 cm³/mol. The quantitative estimate of drug-likeness (QED) is 0.901. The van der Waals surface area contributed by atoms with Gasteiger partial charge in [0, 0.05) is 18.2 Å².